The Hall–Kier alpha value is -2.50. The summed E-state index contributed by atoms with van der Waals surface area (Å²) in [6.45, 7) is 0. The van der Waals surface area contributed by atoms with E-state index in [9.17, 15) is 4.79 Å². The van der Waals surface area contributed by atoms with Crippen LogP contribution in [-0.2, 0) is 11.3 Å². The molecular formula is C13H11N3O3. The van der Waals surface area contributed by atoms with Crippen LogP contribution >= 0.6 is 0 Å². The zero-order valence-electron chi connectivity index (χ0n) is 10.1. The van der Waals surface area contributed by atoms with E-state index in [-0.39, 0.29) is 0 Å². The number of carbonyl (C=O) groups is 1. The van der Waals surface area contributed by atoms with Crippen molar-refractivity contribution in [1.82, 2.24) is 10.3 Å². The van der Waals surface area contributed by atoms with Gasteiger partial charge in [-0.15, -0.1) is 0 Å². The Morgan fingerprint density at radius 2 is 2.05 bits per heavy atom. The van der Waals surface area contributed by atoms with Crippen LogP contribution in [0.1, 0.15) is 34.6 Å². The van der Waals surface area contributed by atoms with Crippen molar-refractivity contribution in [3.8, 4) is 0 Å². The molecular weight excluding hydrogens is 246 g/mol. The van der Waals surface area contributed by atoms with E-state index in [0.717, 1.165) is 18.5 Å². The summed E-state index contributed by atoms with van der Waals surface area (Å²) in [5.74, 6) is -0.489. The highest BCUT2D eigenvalue weighted by Crippen LogP contribution is 2.18. The number of benzene rings is 1. The molecule has 0 spiro atoms. The van der Waals surface area contributed by atoms with Gasteiger partial charge >= 0.3 is 5.97 Å². The lowest BCUT2D eigenvalue weighted by Crippen LogP contribution is -2.13. The van der Waals surface area contributed by atoms with Gasteiger partial charge in [-0.05, 0) is 36.6 Å². The summed E-state index contributed by atoms with van der Waals surface area (Å²) in [5.41, 5.74) is 2.42. The van der Waals surface area contributed by atoms with E-state index < -0.39 is 5.97 Å². The fourth-order valence-electron chi connectivity index (χ4n) is 1.94. The van der Waals surface area contributed by atoms with Gasteiger partial charge in [-0.3, -0.25) is 0 Å². The minimum Gasteiger partial charge on any atom is -0.312 e. The van der Waals surface area contributed by atoms with Crippen LogP contribution in [0.25, 0.3) is 0 Å². The van der Waals surface area contributed by atoms with Crippen molar-refractivity contribution in [2.45, 2.75) is 19.3 Å². The first-order chi connectivity index (χ1) is 9.34. The molecule has 1 aliphatic rings. The van der Waals surface area contributed by atoms with Gasteiger partial charge in [0, 0.05) is 0 Å². The van der Waals surface area contributed by atoms with E-state index in [1.54, 1.807) is 24.3 Å². The summed E-state index contributed by atoms with van der Waals surface area (Å²) in [4.78, 5) is 16.7. The molecule has 0 bridgehead atoms. The first-order valence-corrected chi connectivity index (χ1v) is 5.99. The molecule has 6 heteroatoms. The van der Waals surface area contributed by atoms with E-state index in [2.05, 4.69) is 20.1 Å². The Kier molecular flexibility index (Phi) is 3.06. The molecule has 0 fully saturated rings. The molecule has 1 aromatic carbocycles. The number of oxime groups is 1. The minimum atomic E-state index is -0.489. The molecule has 6 nitrogen and oxygen atoms in total. The standard InChI is InChI=1S/C13H11N3O3/c17-13(9-5-2-1-3-6-9)18-14-10-7-4-8-11-12(10)16-19-15-11/h1-3,5-6H,4,7-8H2/b14-10-. The third-order valence-electron chi connectivity index (χ3n) is 2.91. The lowest BCUT2D eigenvalue weighted by Gasteiger charge is -2.08. The molecule has 19 heavy (non-hydrogen) atoms. The number of rotatable bonds is 2. The van der Waals surface area contributed by atoms with Crippen molar-refractivity contribution in [2.75, 3.05) is 0 Å². The van der Waals surface area contributed by atoms with Gasteiger partial charge in [0.2, 0.25) is 0 Å². The van der Waals surface area contributed by atoms with E-state index in [4.69, 9.17) is 4.84 Å². The summed E-state index contributed by atoms with van der Waals surface area (Å²) in [6, 6.07) is 8.71. The predicted octanol–water partition coefficient (Wildman–Crippen LogP) is 1.97. The topological polar surface area (TPSA) is 77.6 Å². The summed E-state index contributed by atoms with van der Waals surface area (Å²) < 4.78 is 4.67. The van der Waals surface area contributed by atoms with Crippen LogP contribution in [0.2, 0.25) is 0 Å². The predicted molar refractivity (Wildman–Crippen MR) is 65.6 cm³/mol. The van der Waals surface area contributed by atoms with Gasteiger partial charge in [0.15, 0.2) is 5.69 Å². The molecule has 0 aliphatic heterocycles. The quantitative estimate of drug-likeness (QED) is 0.607. The highest BCUT2D eigenvalue weighted by molar-refractivity contribution is 6.00. The van der Waals surface area contributed by atoms with Crippen molar-refractivity contribution in [1.29, 1.82) is 0 Å². The molecule has 0 radical (unpaired) electrons. The van der Waals surface area contributed by atoms with Crippen molar-refractivity contribution in [3.63, 3.8) is 0 Å². The van der Waals surface area contributed by atoms with Crippen LogP contribution < -0.4 is 0 Å². The van der Waals surface area contributed by atoms with E-state index in [1.165, 1.54) is 0 Å². The van der Waals surface area contributed by atoms with Crippen LogP contribution in [0.5, 0.6) is 0 Å². The molecule has 96 valence electrons. The second-order valence-corrected chi connectivity index (χ2v) is 4.20. The molecule has 1 aliphatic carbocycles. The van der Waals surface area contributed by atoms with Crippen LogP contribution in [-0.4, -0.2) is 22.0 Å². The zero-order chi connectivity index (χ0) is 13.1. The zero-order valence-corrected chi connectivity index (χ0v) is 10.1. The van der Waals surface area contributed by atoms with Gasteiger partial charge in [-0.1, -0.05) is 28.5 Å². The summed E-state index contributed by atoms with van der Waals surface area (Å²) in [7, 11) is 0. The Bertz CT molecular complexity index is 619. The number of hydrogen-bond acceptors (Lipinski definition) is 6. The summed E-state index contributed by atoms with van der Waals surface area (Å²) >= 11 is 0. The summed E-state index contributed by atoms with van der Waals surface area (Å²) in [5, 5.41) is 11.4. The molecule has 0 saturated heterocycles. The summed E-state index contributed by atoms with van der Waals surface area (Å²) in [6.07, 6.45) is 2.40. The second kappa shape index (κ2) is 5.01. The normalized spacial score (nSPS) is 16.1. The molecule has 0 unspecified atom stereocenters. The highest BCUT2D eigenvalue weighted by atomic mass is 16.7. The van der Waals surface area contributed by atoms with Crippen molar-refractivity contribution < 1.29 is 14.3 Å². The van der Waals surface area contributed by atoms with E-state index in [1.807, 2.05) is 6.07 Å². The lowest BCUT2D eigenvalue weighted by atomic mass is 9.99. The maximum atomic E-state index is 11.7. The van der Waals surface area contributed by atoms with Crippen LogP contribution in [0.4, 0.5) is 0 Å². The maximum Gasteiger partial charge on any atom is 0.365 e. The van der Waals surface area contributed by atoms with Gasteiger partial charge in [0.05, 0.1) is 5.56 Å². The fourth-order valence-corrected chi connectivity index (χ4v) is 1.94. The SMILES string of the molecule is O=C(O/N=C1/CCCc2nonc21)c1ccccc1. The monoisotopic (exact) mass is 257 g/mol. The molecule has 0 N–H and O–H groups in total. The number of nitrogens with zero attached hydrogens (tertiary/aromatic N) is 3. The maximum absolute atomic E-state index is 11.7. The number of aryl methyl sites for hydroxylation is 1. The van der Waals surface area contributed by atoms with Gasteiger partial charge in [0.1, 0.15) is 11.4 Å². The smallest absolute Gasteiger partial charge is 0.312 e. The molecule has 0 saturated carbocycles. The molecule has 1 aromatic heterocycles. The third kappa shape index (κ3) is 2.37. The number of aromatic nitrogens is 2. The van der Waals surface area contributed by atoms with Gasteiger partial charge in [-0.2, -0.15) is 0 Å². The third-order valence-corrected chi connectivity index (χ3v) is 2.91. The average molecular weight is 257 g/mol. The second-order valence-electron chi connectivity index (χ2n) is 4.20. The average Bonchev–Trinajstić information content (AvgIpc) is 2.94. The minimum absolute atomic E-state index is 0.459. The van der Waals surface area contributed by atoms with Gasteiger partial charge in [0.25, 0.3) is 0 Å². The van der Waals surface area contributed by atoms with E-state index >= 15 is 0 Å². The highest BCUT2D eigenvalue weighted by Gasteiger charge is 2.22. The lowest BCUT2D eigenvalue weighted by molar-refractivity contribution is 0.0515. The Labute approximate surface area is 109 Å². The van der Waals surface area contributed by atoms with Crippen LogP contribution in [0.15, 0.2) is 40.1 Å². The number of fused-ring (bicyclic) bond motifs is 1. The van der Waals surface area contributed by atoms with Gasteiger partial charge in [-0.25, -0.2) is 9.42 Å². The van der Waals surface area contributed by atoms with Crippen LogP contribution in [0.3, 0.4) is 0 Å². The number of hydrogen-bond donors (Lipinski definition) is 0. The number of carbonyl (C=O) groups excluding carboxylic acids is 1. The van der Waals surface area contributed by atoms with Crippen molar-refractivity contribution >= 4 is 11.7 Å². The largest absolute Gasteiger partial charge is 0.365 e. The molecule has 0 amide bonds. The molecule has 0 atom stereocenters. The molecule has 1 heterocycles. The van der Waals surface area contributed by atoms with Crippen LogP contribution in [0, 0.1) is 0 Å². The van der Waals surface area contributed by atoms with Gasteiger partial charge < -0.3 is 4.84 Å². The Balaban J connectivity index is 1.76. The first-order valence-electron chi connectivity index (χ1n) is 5.99. The fraction of sp³-hybridized carbons (Fsp3) is 0.231. The molecule has 2 aromatic rings. The van der Waals surface area contributed by atoms with Crippen molar-refractivity contribution in [3.05, 3.63) is 47.3 Å². The first kappa shape index (κ1) is 11.6. The molecule has 3 rings (SSSR count). The Morgan fingerprint density at radius 1 is 1.21 bits per heavy atom. The van der Waals surface area contributed by atoms with E-state index in [0.29, 0.717) is 23.4 Å². The Morgan fingerprint density at radius 3 is 2.89 bits per heavy atom. The van der Waals surface area contributed by atoms with Crippen molar-refractivity contribution in [2.24, 2.45) is 5.16 Å².